The molecular formula is C9H14N2O6S. The Morgan fingerprint density at radius 3 is 2.72 bits per heavy atom. The third-order valence-corrected chi connectivity index (χ3v) is 4.07. The van der Waals surface area contributed by atoms with Crippen molar-refractivity contribution in [2.45, 2.75) is 19.4 Å². The minimum atomic E-state index is -3.14. The van der Waals surface area contributed by atoms with E-state index in [0.29, 0.717) is 0 Å². The fraction of sp³-hybridized carbons (Fsp3) is 0.667. The van der Waals surface area contributed by atoms with E-state index < -0.39 is 27.8 Å². The van der Waals surface area contributed by atoms with E-state index in [1.165, 1.54) is 6.92 Å². The number of oxime groups is 1. The number of nitrogens with one attached hydrogen (secondary N) is 1. The molecule has 0 radical (unpaired) electrons. The molecule has 1 rings (SSSR count). The third-order valence-electron chi connectivity index (χ3n) is 2.36. The number of nitrogens with zero attached hydrogens (tertiary/aromatic N) is 1. The van der Waals surface area contributed by atoms with Crippen LogP contribution in [0.25, 0.3) is 0 Å². The molecule has 0 spiro atoms. The van der Waals surface area contributed by atoms with Crippen LogP contribution in [0, 0.1) is 0 Å². The van der Waals surface area contributed by atoms with Gasteiger partial charge in [-0.15, -0.1) is 0 Å². The zero-order valence-electron chi connectivity index (χ0n) is 9.75. The summed E-state index contributed by atoms with van der Waals surface area (Å²) in [5.41, 5.74) is -0.226. The number of amides is 1. The molecule has 1 amide bonds. The highest BCUT2D eigenvalue weighted by Gasteiger charge is 2.31. The molecule has 0 saturated heterocycles. The van der Waals surface area contributed by atoms with Crippen LogP contribution in [0.1, 0.15) is 13.3 Å². The molecule has 102 valence electrons. The molecule has 9 heteroatoms. The SMILES string of the molecule is CCS(=O)(=O)CCNC(=O)C1CC(C(=O)O)=NO1. The Hall–Kier alpha value is -1.64. The number of hydrogen-bond acceptors (Lipinski definition) is 6. The van der Waals surface area contributed by atoms with Crippen molar-refractivity contribution in [2.24, 2.45) is 5.16 Å². The summed E-state index contributed by atoms with van der Waals surface area (Å²) in [6, 6.07) is 0. The highest BCUT2D eigenvalue weighted by Crippen LogP contribution is 2.10. The van der Waals surface area contributed by atoms with Crippen molar-refractivity contribution in [1.29, 1.82) is 0 Å². The molecule has 18 heavy (non-hydrogen) atoms. The Labute approximate surface area is 104 Å². The van der Waals surface area contributed by atoms with E-state index in [0.717, 1.165) is 0 Å². The van der Waals surface area contributed by atoms with Crippen molar-refractivity contribution < 1.29 is 28.0 Å². The van der Waals surface area contributed by atoms with Gasteiger partial charge in [-0.3, -0.25) is 4.79 Å². The van der Waals surface area contributed by atoms with Crippen LogP contribution in [-0.2, 0) is 24.3 Å². The fourth-order valence-electron chi connectivity index (χ4n) is 1.23. The predicted octanol–water partition coefficient (Wildman–Crippen LogP) is -1.23. The summed E-state index contributed by atoms with van der Waals surface area (Å²) in [6.07, 6.45) is -1.12. The summed E-state index contributed by atoms with van der Waals surface area (Å²) < 4.78 is 22.3. The van der Waals surface area contributed by atoms with Gasteiger partial charge in [0.15, 0.2) is 15.5 Å². The second-order valence-corrected chi connectivity index (χ2v) is 6.14. The number of aliphatic carboxylic acids is 1. The van der Waals surface area contributed by atoms with Crippen molar-refractivity contribution in [3.63, 3.8) is 0 Å². The Kier molecular flexibility index (Phi) is 4.65. The second kappa shape index (κ2) is 5.80. The Balaban J connectivity index is 2.34. The van der Waals surface area contributed by atoms with Crippen molar-refractivity contribution >= 4 is 27.4 Å². The van der Waals surface area contributed by atoms with E-state index in [4.69, 9.17) is 5.11 Å². The maximum atomic E-state index is 11.5. The lowest BCUT2D eigenvalue weighted by Crippen LogP contribution is -2.37. The molecule has 1 unspecified atom stereocenters. The molecule has 0 aliphatic carbocycles. The zero-order valence-corrected chi connectivity index (χ0v) is 10.6. The van der Waals surface area contributed by atoms with E-state index in [1.807, 2.05) is 0 Å². The number of carboxylic acids is 1. The van der Waals surface area contributed by atoms with Gasteiger partial charge in [-0.25, -0.2) is 13.2 Å². The predicted molar refractivity (Wildman–Crippen MR) is 61.9 cm³/mol. The van der Waals surface area contributed by atoms with Gasteiger partial charge < -0.3 is 15.3 Å². The van der Waals surface area contributed by atoms with Gasteiger partial charge in [-0.2, -0.15) is 0 Å². The Morgan fingerprint density at radius 1 is 1.56 bits per heavy atom. The van der Waals surface area contributed by atoms with E-state index in [2.05, 4.69) is 15.3 Å². The third kappa shape index (κ3) is 3.99. The smallest absolute Gasteiger partial charge is 0.353 e. The van der Waals surface area contributed by atoms with Crippen molar-refractivity contribution in [2.75, 3.05) is 18.1 Å². The van der Waals surface area contributed by atoms with Gasteiger partial charge in [0.1, 0.15) is 0 Å². The summed E-state index contributed by atoms with van der Waals surface area (Å²) >= 11 is 0. The first-order valence-corrected chi connectivity index (χ1v) is 7.12. The molecule has 0 fully saturated rings. The fourth-order valence-corrected chi connectivity index (χ4v) is 1.93. The monoisotopic (exact) mass is 278 g/mol. The number of hydrogen-bond donors (Lipinski definition) is 2. The van der Waals surface area contributed by atoms with Crippen LogP contribution in [0.2, 0.25) is 0 Å². The van der Waals surface area contributed by atoms with Crippen molar-refractivity contribution in [3.05, 3.63) is 0 Å². The topological polar surface area (TPSA) is 122 Å². The average molecular weight is 278 g/mol. The summed E-state index contributed by atoms with van der Waals surface area (Å²) in [4.78, 5) is 26.7. The number of carboxylic acid groups (broad SMARTS) is 1. The van der Waals surface area contributed by atoms with Crippen LogP contribution in [-0.4, -0.2) is 55.3 Å². The van der Waals surface area contributed by atoms with Crippen LogP contribution >= 0.6 is 0 Å². The van der Waals surface area contributed by atoms with Gasteiger partial charge in [0.2, 0.25) is 6.10 Å². The lowest BCUT2D eigenvalue weighted by Gasteiger charge is -2.08. The van der Waals surface area contributed by atoms with Gasteiger partial charge in [0.05, 0.1) is 5.75 Å². The van der Waals surface area contributed by atoms with Crippen LogP contribution in [0.3, 0.4) is 0 Å². The number of rotatable bonds is 6. The van der Waals surface area contributed by atoms with Gasteiger partial charge in [0.25, 0.3) is 5.91 Å². The van der Waals surface area contributed by atoms with Crippen LogP contribution in [0.4, 0.5) is 0 Å². The van der Waals surface area contributed by atoms with E-state index in [9.17, 15) is 18.0 Å². The average Bonchev–Trinajstić information content (AvgIpc) is 2.78. The normalized spacial score (nSPS) is 18.9. The standard InChI is InChI=1S/C9H14N2O6S/c1-2-18(15,16)4-3-10-8(12)7-5-6(9(13)14)11-17-7/h7H,2-5H2,1H3,(H,10,12)(H,13,14). The van der Waals surface area contributed by atoms with Gasteiger partial charge >= 0.3 is 5.97 Å². The Morgan fingerprint density at radius 2 is 2.22 bits per heavy atom. The molecule has 0 saturated carbocycles. The molecule has 1 aliphatic heterocycles. The second-order valence-electron chi connectivity index (χ2n) is 3.67. The lowest BCUT2D eigenvalue weighted by atomic mass is 10.2. The Bertz CT molecular complexity index is 469. The van der Waals surface area contributed by atoms with E-state index in [-0.39, 0.29) is 30.2 Å². The first kappa shape index (κ1) is 14.4. The molecule has 1 heterocycles. The minimum absolute atomic E-state index is 0.00900. The molecule has 1 atom stereocenters. The molecular weight excluding hydrogens is 264 g/mol. The van der Waals surface area contributed by atoms with Crippen molar-refractivity contribution in [3.8, 4) is 0 Å². The number of sulfone groups is 1. The highest BCUT2D eigenvalue weighted by atomic mass is 32.2. The quantitative estimate of drug-likeness (QED) is 0.627. The van der Waals surface area contributed by atoms with Crippen LogP contribution in [0.15, 0.2) is 5.16 Å². The van der Waals surface area contributed by atoms with E-state index >= 15 is 0 Å². The minimum Gasteiger partial charge on any atom is -0.477 e. The molecule has 8 nitrogen and oxygen atoms in total. The number of carbonyl (C=O) groups is 2. The van der Waals surface area contributed by atoms with Crippen LogP contribution < -0.4 is 5.32 Å². The molecule has 0 aromatic rings. The molecule has 2 N–H and O–H groups in total. The maximum Gasteiger partial charge on any atom is 0.353 e. The van der Waals surface area contributed by atoms with E-state index in [1.54, 1.807) is 0 Å². The summed E-state index contributed by atoms with van der Waals surface area (Å²) in [7, 11) is -3.14. The van der Waals surface area contributed by atoms with Gasteiger partial charge in [-0.1, -0.05) is 12.1 Å². The molecule has 0 aromatic carbocycles. The molecule has 0 aromatic heterocycles. The number of carbonyl (C=O) groups excluding carboxylic acids is 1. The maximum absolute atomic E-state index is 11.5. The summed E-state index contributed by atoms with van der Waals surface area (Å²) in [5, 5.41) is 14.2. The summed E-state index contributed by atoms with van der Waals surface area (Å²) in [6.45, 7) is 1.49. The van der Waals surface area contributed by atoms with Crippen LogP contribution in [0.5, 0.6) is 0 Å². The molecule has 1 aliphatic rings. The lowest BCUT2D eigenvalue weighted by molar-refractivity contribution is -0.131. The van der Waals surface area contributed by atoms with Gasteiger partial charge in [0, 0.05) is 18.7 Å². The summed E-state index contributed by atoms with van der Waals surface area (Å²) in [5.74, 6) is -1.95. The first-order chi connectivity index (χ1) is 8.35. The zero-order chi connectivity index (χ0) is 13.8. The highest BCUT2D eigenvalue weighted by molar-refractivity contribution is 7.91. The first-order valence-electron chi connectivity index (χ1n) is 5.30. The largest absolute Gasteiger partial charge is 0.477 e. The van der Waals surface area contributed by atoms with Gasteiger partial charge in [-0.05, 0) is 0 Å². The van der Waals surface area contributed by atoms with Crippen molar-refractivity contribution in [1.82, 2.24) is 5.32 Å². The molecule has 0 bridgehead atoms.